The molecule has 1 saturated heterocycles. The van der Waals surface area contributed by atoms with Crippen molar-refractivity contribution in [1.82, 2.24) is 9.21 Å². The third-order valence-corrected chi connectivity index (χ3v) is 7.13. The minimum Gasteiger partial charge on any atom is -0.300 e. The standard InChI is InChI=1S/C14H24N2O2S2/c1-4-13-5-6-14(19-13)20(17,18)16-9-7-15(8-10-16)11-12(2)3/h5-6,12H,4,7-11H2,1-3H3. The summed E-state index contributed by atoms with van der Waals surface area (Å²) in [4.78, 5) is 3.48. The molecule has 0 unspecified atom stereocenters. The van der Waals surface area contributed by atoms with Gasteiger partial charge in [0.05, 0.1) is 0 Å². The minimum absolute atomic E-state index is 0.492. The van der Waals surface area contributed by atoms with Crippen molar-refractivity contribution in [2.45, 2.75) is 31.4 Å². The highest BCUT2D eigenvalue weighted by Gasteiger charge is 2.29. The quantitative estimate of drug-likeness (QED) is 0.837. The molecule has 0 N–H and O–H groups in total. The molecular formula is C14H24N2O2S2. The van der Waals surface area contributed by atoms with Crippen molar-refractivity contribution in [3.63, 3.8) is 0 Å². The third kappa shape index (κ3) is 3.61. The van der Waals surface area contributed by atoms with Gasteiger partial charge >= 0.3 is 0 Å². The number of thiophene rings is 1. The molecule has 0 bridgehead atoms. The predicted molar refractivity (Wildman–Crippen MR) is 83.7 cm³/mol. The molecule has 0 saturated carbocycles. The molecule has 114 valence electrons. The van der Waals surface area contributed by atoms with Gasteiger partial charge in [0.2, 0.25) is 0 Å². The van der Waals surface area contributed by atoms with Crippen LogP contribution in [0.2, 0.25) is 0 Å². The van der Waals surface area contributed by atoms with Crippen LogP contribution >= 0.6 is 11.3 Å². The van der Waals surface area contributed by atoms with Crippen LogP contribution < -0.4 is 0 Å². The van der Waals surface area contributed by atoms with Gasteiger partial charge in [-0.25, -0.2) is 8.42 Å². The van der Waals surface area contributed by atoms with Gasteiger partial charge in [0.1, 0.15) is 4.21 Å². The molecule has 20 heavy (non-hydrogen) atoms. The van der Waals surface area contributed by atoms with Crippen molar-refractivity contribution in [3.8, 4) is 0 Å². The Morgan fingerprint density at radius 1 is 1.20 bits per heavy atom. The fourth-order valence-electron chi connectivity index (χ4n) is 2.48. The highest BCUT2D eigenvalue weighted by atomic mass is 32.2. The predicted octanol–water partition coefficient (Wildman–Crippen LogP) is 2.27. The van der Waals surface area contributed by atoms with E-state index in [1.807, 2.05) is 13.0 Å². The number of rotatable bonds is 5. The molecule has 1 aliphatic heterocycles. The summed E-state index contributed by atoms with van der Waals surface area (Å²) in [5, 5.41) is 0. The first-order valence-corrected chi connectivity index (χ1v) is 9.50. The Labute approximate surface area is 126 Å². The van der Waals surface area contributed by atoms with Crippen LogP contribution in [0.15, 0.2) is 16.3 Å². The summed E-state index contributed by atoms with van der Waals surface area (Å²) < 4.78 is 27.3. The van der Waals surface area contributed by atoms with Crippen molar-refractivity contribution < 1.29 is 8.42 Å². The number of hydrogen-bond donors (Lipinski definition) is 0. The minimum atomic E-state index is -3.28. The SMILES string of the molecule is CCc1ccc(S(=O)(=O)N2CCN(CC(C)C)CC2)s1. The van der Waals surface area contributed by atoms with E-state index in [0.29, 0.717) is 23.2 Å². The lowest BCUT2D eigenvalue weighted by atomic mass is 10.2. The number of sulfonamides is 1. The van der Waals surface area contributed by atoms with Gasteiger partial charge in [-0.3, -0.25) is 0 Å². The summed E-state index contributed by atoms with van der Waals surface area (Å²) in [5.74, 6) is 0.627. The molecule has 1 aliphatic rings. The second-order valence-electron chi connectivity index (χ2n) is 5.67. The highest BCUT2D eigenvalue weighted by molar-refractivity contribution is 7.91. The first-order valence-electron chi connectivity index (χ1n) is 7.24. The van der Waals surface area contributed by atoms with Crippen molar-refractivity contribution in [2.75, 3.05) is 32.7 Å². The largest absolute Gasteiger partial charge is 0.300 e. The fourth-order valence-corrected chi connectivity index (χ4v) is 5.35. The topological polar surface area (TPSA) is 40.6 Å². The van der Waals surface area contributed by atoms with Gasteiger partial charge in [0.25, 0.3) is 10.0 Å². The van der Waals surface area contributed by atoms with E-state index in [2.05, 4.69) is 18.7 Å². The third-order valence-electron chi connectivity index (χ3n) is 3.53. The van der Waals surface area contributed by atoms with Gasteiger partial charge < -0.3 is 4.90 Å². The Hall–Kier alpha value is -0.430. The van der Waals surface area contributed by atoms with Crippen LogP contribution in [-0.4, -0.2) is 50.3 Å². The number of piperazine rings is 1. The molecule has 1 aromatic heterocycles. The average molecular weight is 316 g/mol. The lowest BCUT2D eigenvalue weighted by Crippen LogP contribution is -2.49. The summed E-state index contributed by atoms with van der Waals surface area (Å²) in [5.41, 5.74) is 0. The monoisotopic (exact) mass is 316 g/mol. The van der Waals surface area contributed by atoms with E-state index < -0.39 is 10.0 Å². The van der Waals surface area contributed by atoms with E-state index >= 15 is 0 Å². The summed E-state index contributed by atoms with van der Waals surface area (Å²) in [6.07, 6.45) is 0.891. The molecule has 0 aromatic carbocycles. The van der Waals surface area contributed by atoms with Crippen LogP contribution in [-0.2, 0) is 16.4 Å². The maximum absolute atomic E-state index is 12.6. The molecule has 4 nitrogen and oxygen atoms in total. The van der Waals surface area contributed by atoms with Crippen LogP contribution in [0.3, 0.4) is 0 Å². The van der Waals surface area contributed by atoms with E-state index in [0.717, 1.165) is 30.9 Å². The van der Waals surface area contributed by atoms with Crippen LogP contribution in [0, 0.1) is 5.92 Å². The van der Waals surface area contributed by atoms with E-state index in [9.17, 15) is 8.42 Å². The Morgan fingerprint density at radius 2 is 1.85 bits per heavy atom. The van der Waals surface area contributed by atoms with Crippen molar-refractivity contribution >= 4 is 21.4 Å². The summed E-state index contributed by atoms with van der Waals surface area (Å²) in [7, 11) is -3.28. The summed E-state index contributed by atoms with van der Waals surface area (Å²) in [6, 6.07) is 3.67. The Balaban J connectivity index is 2.02. The summed E-state index contributed by atoms with van der Waals surface area (Å²) in [6.45, 7) is 10.4. The Bertz CT molecular complexity index is 529. The molecule has 0 radical (unpaired) electrons. The lowest BCUT2D eigenvalue weighted by Gasteiger charge is -2.34. The maximum atomic E-state index is 12.6. The molecule has 0 aliphatic carbocycles. The first kappa shape index (κ1) is 15.9. The van der Waals surface area contributed by atoms with Crippen LogP contribution in [0.4, 0.5) is 0 Å². The molecule has 0 atom stereocenters. The second kappa shape index (κ2) is 6.56. The zero-order valence-electron chi connectivity index (χ0n) is 12.5. The van der Waals surface area contributed by atoms with Crippen molar-refractivity contribution in [1.29, 1.82) is 0 Å². The molecule has 0 spiro atoms. The number of hydrogen-bond acceptors (Lipinski definition) is 4. The van der Waals surface area contributed by atoms with Gasteiger partial charge in [-0.05, 0) is 24.5 Å². The fraction of sp³-hybridized carbons (Fsp3) is 0.714. The van der Waals surface area contributed by atoms with E-state index in [4.69, 9.17) is 0 Å². The van der Waals surface area contributed by atoms with Gasteiger partial charge in [-0.2, -0.15) is 4.31 Å². The Morgan fingerprint density at radius 3 is 2.35 bits per heavy atom. The van der Waals surface area contributed by atoms with E-state index in [1.165, 1.54) is 11.3 Å². The zero-order valence-corrected chi connectivity index (χ0v) is 14.1. The molecule has 0 amide bonds. The molecule has 1 fully saturated rings. The van der Waals surface area contributed by atoms with Crippen LogP contribution in [0.5, 0.6) is 0 Å². The molecule has 2 rings (SSSR count). The zero-order chi connectivity index (χ0) is 14.8. The van der Waals surface area contributed by atoms with Crippen molar-refractivity contribution in [3.05, 3.63) is 17.0 Å². The van der Waals surface area contributed by atoms with Gasteiger partial charge in [0.15, 0.2) is 0 Å². The maximum Gasteiger partial charge on any atom is 0.252 e. The number of nitrogens with zero attached hydrogens (tertiary/aromatic N) is 2. The Kier molecular flexibility index (Phi) is 5.23. The molecular weight excluding hydrogens is 292 g/mol. The molecule has 2 heterocycles. The highest BCUT2D eigenvalue weighted by Crippen LogP contribution is 2.26. The van der Waals surface area contributed by atoms with E-state index in [1.54, 1.807) is 10.4 Å². The van der Waals surface area contributed by atoms with Crippen molar-refractivity contribution in [2.24, 2.45) is 5.92 Å². The van der Waals surface area contributed by atoms with Gasteiger partial charge in [0, 0.05) is 37.6 Å². The lowest BCUT2D eigenvalue weighted by molar-refractivity contribution is 0.172. The van der Waals surface area contributed by atoms with Gasteiger partial charge in [-0.1, -0.05) is 20.8 Å². The van der Waals surface area contributed by atoms with Crippen LogP contribution in [0.25, 0.3) is 0 Å². The smallest absolute Gasteiger partial charge is 0.252 e. The van der Waals surface area contributed by atoms with Crippen LogP contribution in [0.1, 0.15) is 25.6 Å². The normalized spacial score (nSPS) is 18.8. The molecule has 1 aromatic rings. The average Bonchev–Trinajstić information content (AvgIpc) is 2.88. The van der Waals surface area contributed by atoms with Gasteiger partial charge in [-0.15, -0.1) is 11.3 Å². The molecule has 6 heteroatoms. The number of aryl methyl sites for hydroxylation is 1. The second-order valence-corrected chi connectivity index (χ2v) is 9.01. The first-order chi connectivity index (χ1) is 9.43. The summed E-state index contributed by atoms with van der Waals surface area (Å²) >= 11 is 1.40. The van der Waals surface area contributed by atoms with E-state index in [-0.39, 0.29) is 0 Å².